The topological polar surface area (TPSA) is 84.5 Å². The Morgan fingerprint density at radius 2 is 1.92 bits per heavy atom. The van der Waals surface area contributed by atoms with E-state index in [0.29, 0.717) is 0 Å². The normalized spacial score (nSPS) is 15.8. The molecule has 1 atom stereocenters. The number of urea groups is 1. The van der Waals surface area contributed by atoms with Gasteiger partial charge in [0.2, 0.25) is 0 Å². The van der Waals surface area contributed by atoms with Gasteiger partial charge in [0, 0.05) is 16.6 Å². The third-order valence-corrected chi connectivity index (χ3v) is 4.62. The van der Waals surface area contributed by atoms with E-state index in [-0.39, 0.29) is 6.04 Å². The predicted octanol–water partition coefficient (Wildman–Crippen LogP) is 3.16. The lowest BCUT2D eigenvalue weighted by Gasteiger charge is -2.15. The number of imide groups is 1. The molecule has 134 valence electrons. The first kappa shape index (κ1) is 19.2. The first-order valence-corrected chi connectivity index (χ1v) is 8.99. The lowest BCUT2D eigenvalue weighted by atomic mass is 10.2. The van der Waals surface area contributed by atoms with Gasteiger partial charge in [-0.25, -0.2) is 9.59 Å². The van der Waals surface area contributed by atoms with E-state index in [4.69, 9.17) is 4.74 Å². The van der Waals surface area contributed by atoms with Crippen molar-refractivity contribution in [3.8, 4) is 0 Å². The van der Waals surface area contributed by atoms with E-state index in [0.717, 1.165) is 35.7 Å². The first-order chi connectivity index (χ1) is 12.0. The second-order valence-electron chi connectivity index (χ2n) is 5.88. The zero-order chi connectivity index (χ0) is 18.2. The van der Waals surface area contributed by atoms with Crippen molar-refractivity contribution in [1.29, 1.82) is 0 Å². The van der Waals surface area contributed by atoms with Crippen molar-refractivity contribution in [3.63, 3.8) is 0 Å². The minimum absolute atomic E-state index is 0.109. The van der Waals surface area contributed by atoms with Crippen LogP contribution in [0.3, 0.4) is 0 Å². The number of esters is 1. The minimum Gasteiger partial charge on any atom is -0.449 e. The summed E-state index contributed by atoms with van der Waals surface area (Å²) in [5.41, 5.74) is 0.812. The fourth-order valence-electron chi connectivity index (χ4n) is 2.54. The van der Waals surface area contributed by atoms with Crippen LogP contribution >= 0.6 is 15.9 Å². The first-order valence-electron chi connectivity index (χ1n) is 8.20. The molecule has 25 heavy (non-hydrogen) atoms. The van der Waals surface area contributed by atoms with E-state index in [1.807, 2.05) is 24.3 Å². The highest BCUT2D eigenvalue weighted by molar-refractivity contribution is 9.10. The largest absolute Gasteiger partial charge is 0.449 e. The molecule has 1 fully saturated rings. The number of nitrogens with one attached hydrogen (secondary N) is 2. The van der Waals surface area contributed by atoms with Gasteiger partial charge in [-0.2, -0.15) is 0 Å². The monoisotopic (exact) mass is 408 g/mol. The van der Waals surface area contributed by atoms with Gasteiger partial charge in [-0.05, 0) is 37.5 Å². The Morgan fingerprint density at radius 3 is 2.60 bits per heavy atom. The van der Waals surface area contributed by atoms with Gasteiger partial charge in [-0.3, -0.25) is 10.1 Å². The lowest BCUT2D eigenvalue weighted by molar-refractivity contribution is -0.149. The van der Waals surface area contributed by atoms with Crippen LogP contribution < -0.4 is 10.6 Å². The molecule has 0 aliphatic heterocycles. The van der Waals surface area contributed by atoms with Crippen LogP contribution in [0.25, 0.3) is 6.08 Å². The van der Waals surface area contributed by atoms with E-state index in [1.54, 1.807) is 6.08 Å². The van der Waals surface area contributed by atoms with Gasteiger partial charge in [-0.1, -0.05) is 47.0 Å². The Bertz CT molecular complexity index is 669. The SMILES string of the molecule is C[C@H](OC(=O)/C=C/c1ccccc1Br)C(=O)NC(=O)NC1CCCC1. The molecule has 1 aliphatic rings. The number of halogens is 1. The maximum Gasteiger partial charge on any atom is 0.331 e. The highest BCUT2D eigenvalue weighted by atomic mass is 79.9. The molecule has 0 saturated heterocycles. The van der Waals surface area contributed by atoms with Gasteiger partial charge in [-0.15, -0.1) is 0 Å². The number of carbonyl (C=O) groups is 3. The molecule has 2 rings (SSSR count). The van der Waals surface area contributed by atoms with Crippen molar-refractivity contribution < 1.29 is 19.1 Å². The van der Waals surface area contributed by atoms with Gasteiger partial charge in [0.15, 0.2) is 6.10 Å². The fourth-order valence-corrected chi connectivity index (χ4v) is 2.96. The van der Waals surface area contributed by atoms with Crippen LogP contribution in [0.4, 0.5) is 4.79 Å². The highest BCUT2D eigenvalue weighted by Crippen LogP contribution is 2.18. The predicted molar refractivity (Wildman–Crippen MR) is 97.7 cm³/mol. The molecule has 3 amide bonds. The van der Waals surface area contributed by atoms with Crippen LogP contribution in [0.1, 0.15) is 38.2 Å². The second-order valence-corrected chi connectivity index (χ2v) is 6.73. The zero-order valence-electron chi connectivity index (χ0n) is 14.0. The summed E-state index contributed by atoms with van der Waals surface area (Å²) in [4.78, 5) is 35.5. The second kappa shape index (κ2) is 9.36. The highest BCUT2D eigenvalue weighted by Gasteiger charge is 2.22. The molecule has 1 aromatic carbocycles. The van der Waals surface area contributed by atoms with Crippen LogP contribution in [0.15, 0.2) is 34.8 Å². The molecule has 0 radical (unpaired) electrons. The van der Waals surface area contributed by atoms with Crippen molar-refractivity contribution in [1.82, 2.24) is 10.6 Å². The Balaban J connectivity index is 1.78. The number of rotatable bonds is 5. The number of amides is 3. The summed E-state index contributed by atoms with van der Waals surface area (Å²) in [6.45, 7) is 1.42. The molecule has 0 spiro atoms. The number of ether oxygens (including phenoxy) is 1. The molecule has 0 bridgehead atoms. The number of benzene rings is 1. The van der Waals surface area contributed by atoms with Crippen molar-refractivity contribution in [2.24, 2.45) is 0 Å². The van der Waals surface area contributed by atoms with Crippen molar-refractivity contribution >= 4 is 39.9 Å². The average molecular weight is 409 g/mol. The van der Waals surface area contributed by atoms with Crippen LogP contribution in [0.5, 0.6) is 0 Å². The Morgan fingerprint density at radius 1 is 1.24 bits per heavy atom. The van der Waals surface area contributed by atoms with Gasteiger partial charge in [0.05, 0.1) is 0 Å². The molecule has 0 aromatic heterocycles. The summed E-state index contributed by atoms with van der Waals surface area (Å²) in [7, 11) is 0. The Kier molecular flexibility index (Phi) is 7.18. The molecule has 1 aliphatic carbocycles. The molecular formula is C18H21BrN2O4. The molecule has 0 heterocycles. The Labute approximate surface area is 155 Å². The molecule has 0 unspecified atom stereocenters. The molecule has 7 heteroatoms. The van der Waals surface area contributed by atoms with Gasteiger partial charge in [0.25, 0.3) is 5.91 Å². The standard InChI is InChI=1S/C18H21BrN2O4/c1-12(17(23)21-18(24)20-14-7-3-4-8-14)25-16(22)11-10-13-6-2-5-9-15(13)19/h2,5-6,9-12,14H,3-4,7-8H2,1H3,(H2,20,21,23,24)/b11-10+/t12-/m0/s1. The van der Waals surface area contributed by atoms with E-state index in [1.165, 1.54) is 13.0 Å². The van der Waals surface area contributed by atoms with Crippen molar-refractivity contribution in [2.45, 2.75) is 44.8 Å². The average Bonchev–Trinajstić information content (AvgIpc) is 3.06. The summed E-state index contributed by atoms with van der Waals surface area (Å²) in [5.74, 6) is -1.31. The summed E-state index contributed by atoms with van der Waals surface area (Å²) in [6, 6.07) is 6.94. The number of carbonyl (C=O) groups excluding carboxylic acids is 3. The van der Waals surface area contributed by atoms with Crippen molar-refractivity contribution in [3.05, 3.63) is 40.4 Å². The van der Waals surface area contributed by atoms with Crippen LogP contribution in [-0.4, -0.2) is 30.1 Å². The molecule has 2 N–H and O–H groups in total. The minimum atomic E-state index is -1.06. The lowest BCUT2D eigenvalue weighted by Crippen LogP contribution is -2.47. The van der Waals surface area contributed by atoms with E-state index in [9.17, 15) is 14.4 Å². The van der Waals surface area contributed by atoms with E-state index in [2.05, 4.69) is 26.6 Å². The summed E-state index contributed by atoms with van der Waals surface area (Å²) < 4.78 is 5.85. The van der Waals surface area contributed by atoms with Gasteiger partial charge >= 0.3 is 12.0 Å². The third kappa shape index (κ3) is 6.34. The maximum absolute atomic E-state index is 11.9. The van der Waals surface area contributed by atoms with Crippen LogP contribution in [0.2, 0.25) is 0 Å². The number of hydrogen-bond acceptors (Lipinski definition) is 4. The van der Waals surface area contributed by atoms with Crippen molar-refractivity contribution in [2.75, 3.05) is 0 Å². The molecule has 6 nitrogen and oxygen atoms in total. The molecule has 1 aromatic rings. The quantitative estimate of drug-likeness (QED) is 0.578. The molecule has 1 saturated carbocycles. The number of hydrogen-bond donors (Lipinski definition) is 2. The van der Waals surface area contributed by atoms with Crippen LogP contribution in [0, 0.1) is 0 Å². The van der Waals surface area contributed by atoms with E-state index >= 15 is 0 Å². The smallest absolute Gasteiger partial charge is 0.331 e. The molecular weight excluding hydrogens is 388 g/mol. The summed E-state index contributed by atoms with van der Waals surface area (Å²) >= 11 is 3.37. The van der Waals surface area contributed by atoms with Gasteiger partial charge < -0.3 is 10.1 Å². The van der Waals surface area contributed by atoms with E-state index < -0.39 is 24.0 Å². The maximum atomic E-state index is 11.9. The van der Waals surface area contributed by atoms with Crippen LogP contribution in [-0.2, 0) is 14.3 Å². The summed E-state index contributed by atoms with van der Waals surface area (Å²) in [6.07, 6.45) is 5.77. The fraction of sp³-hybridized carbons (Fsp3) is 0.389. The summed E-state index contributed by atoms with van der Waals surface area (Å²) in [5, 5.41) is 4.94. The third-order valence-electron chi connectivity index (χ3n) is 3.89. The Hall–Kier alpha value is -2.15. The van der Waals surface area contributed by atoms with Gasteiger partial charge in [0.1, 0.15) is 0 Å². The zero-order valence-corrected chi connectivity index (χ0v) is 15.5.